The van der Waals surface area contributed by atoms with Crippen LogP contribution in [-0.2, 0) is 0 Å². The van der Waals surface area contributed by atoms with E-state index in [-0.39, 0.29) is 11.3 Å². The van der Waals surface area contributed by atoms with Gasteiger partial charge < -0.3 is 10.5 Å². The standard InChI is InChI=1S/C16H19ClN2OS/c1-3-13(18)16(12-6-4-5-7-14(12)20-2)21-15-9-8-11(17)10-19-15/h4-10,13,16H,3,18H2,1-2H3. The monoisotopic (exact) mass is 322 g/mol. The number of nitrogens with two attached hydrogens (primary N) is 1. The highest BCUT2D eigenvalue weighted by atomic mass is 35.5. The predicted octanol–water partition coefficient (Wildman–Crippen LogP) is 4.31. The summed E-state index contributed by atoms with van der Waals surface area (Å²) in [5.74, 6) is 0.855. The number of methoxy groups -OCH3 is 1. The molecule has 5 heteroatoms. The number of rotatable bonds is 6. The Labute approximate surface area is 134 Å². The van der Waals surface area contributed by atoms with E-state index in [1.165, 1.54) is 0 Å². The highest BCUT2D eigenvalue weighted by Gasteiger charge is 2.23. The van der Waals surface area contributed by atoms with Crippen molar-refractivity contribution in [1.82, 2.24) is 4.98 Å². The topological polar surface area (TPSA) is 48.1 Å². The van der Waals surface area contributed by atoms with Gasteiger partial charge >= 0.3 is 0 Å². The second kappa shape index (κ2) is 7.69. The van der Waals surface area contributed by atoms with E-state index in [1.807, 2.05) is 30.3 Å². The van der Waals surface area contributed by atoms with Crippen LogP contribution in [0.4, 0.5) is 0 Å². The molecule has 0 amide bonds. The Kier molecular flexibility index (Phi) is 5.91. The van der Waals surface area contributed by atoms with Gasteiger partial charge in [0.25, 0.3) is 0 Å². The van der Waals surface area contributed by atoms with Gasteiger partial charge in [-0.05, 0) is 24.6 Å². The lowest BCUT2D eigenvalue weighted by Gasteiger charge is -2.24. The zero-order chi connectivity index (χ0) is 15.2. The van der Waals surface area contributed by atoms with Crippen LogP contribution in [0.3, 0.4) is 0 Å². The summed E-state index contributed by atoms with van der Waals surface area (Å²) in [6.45, 7) is 2.09. The molecule has 0 bridgehead atoms. The molecule has 0 radical (unpaired) electrons. The van der Waals surface area contributed by atoms with Crippen molar-refractivity contribution in [2.24, 2.45) is 5.73 Å². The van der Waals surface area contributed by atoms with Gasteiger partial charge in [0.15, 0.2) is 0 Å². The Morgan fingerprint density at radius 3 is 2.67 bits per heavy atom. The molecule has 1 heterocycles. The number of thioether (sulfide) groups is 1. The molecule has 2 rings (SSSR count). The molecule has 2 aromatic rings. The summed E-state index contributed by atoms with van der Waals surface area (Å²) < 4.78 is 5.47. The maximum Gasteiger partial charge on any atom is 0.123 e. The van der Waals surface area contributed by atoms with Gasteiger partial charge in [-0.25, -0.2) is 4.98 Å². The molecule has 2 unspecified atom stereocenters. The first kappa shape index (κ1) is 16.1. The molecule has 0 saturated heterocycles. The van der Waals surface area contributed by atoms with E-state index in [0.29, 0.717) is 5.02 Å². The summed E-state index contributed by atoms with van der Waals surface area (Å²) >= 11 is 7.52. The zero-order valence-corrected chi connectivity index (χ0v) is 13.7. The fourth-order valence-corrected chi connectivity index (χ4v) is 3.38. The van der Waals surface area contributed by atoms with Crippen molar-refractivity contribution in [3.63, 3.8) is 0 Å². The summed E-state index contributed by atoms with van der Waals surface area (Å²) in [6, 6.07) is 11.8. The first-order valence-electron chi connectivity index (χ1n) is 6.82. The van der Waals surface area contributed by atoms with Crippen LogP contribution in [0.15, 0.2) is 47.6 Å². The van der Waals surface area contributed by atoms with Crippen molar-refractivity contribution in [1.29, 1.82) is 0 Å². The van der Waals surface area contributed by atoms with Crippen LogP contribution in [0.5, 0.6) is 5.75 Å². The third-order valence-electron chi connectivity index (χ3n) is 3.25. The smallest absolute Gasteiger partial charge is 0.123 e. The lowest BCUT2D eigenvalue weighted by molar-refractivity contribution is 0.407. The predicted molar refractivity (Wildman–Crippen MR) is 89.1 cm³/mol. The summed E-state index contributed by atoms with van der Waals surface area (Å²) in [7, 11) is 1.68. The third kappa shape index (κ3) is 4.13. The molecule has 0 aliphatic carbocycles. The summed E-state index contributed by atoms with van der Waals surface area (Å²) in [6.07, 6.45) is 2.53. The molecule has 0 fully saturated rings. The summed E-state index contributed by atoms with van der Waals surface area (Å²) in [4.78, 5) is 4.35. The number of aromatic nitrogens is 1. The molecule has 2 N–H and O–H groups in total. The zero-order valence-electron chi connectivity index (χ0n) is 12.1. The second-order valence-corrected chi connectivity index (χ2v) is 6.27. The SMILES string of the molecule is CCC(N)C(Sc1ccc(Cl)cn1)c1ccccc1OC. The van der Waals surface area contributed by atoms with E-state index in [9.17, 15) is 0 Å². The van der Waals surface area contributed by atoms with Gasteiger partial charge in [0, 0.05) is 17.8 Å². The Morgan fingerprint density at radius 2 is 2.05 bits per heavy atom. The quantitative estimate of drug-likeness (QED) is 0.805. The number of pyridine rings is 1. The number of hydrogen-bond acceptors (Lipinski definition) is 4. The van der Waals surface area contributed by atoms with Gasteiger partial charge in [0.2, 0.25) is 0 Å². The fraction of sp³-hybridized carbons (Fsp3) is 0.312. The van der Waals surface area contributed by atoms with E-state index in [0.717, 1.165) is 22.8 Å². The van der Waals surface area contributed by atoms with Crippen LogP contribution >= 0.6 is 23.4 Å². The molecule has 3 nitrogen and oxygen atoms in total. The van der Waals surface area contributed by atoms with Gasteiger partial charge in [-0.1, -0.05) is 48.5 Å². The molecule has 1 aromatic heterocycles. The van der Waals surface area contributed by atoms with Crippen LogP contribution in [0.1, 0.15) is 24.2 Å². The van der Waals surface area contributed by atoms with Crippen molar-refractivity contribution in [2.75, 3.05) is 7.11 Å². The Morgan fingerprint density at radius 1 is 1.29 bits per heavy atom. The van der Waals surface area contributed by atoms with Crippen molar-refractivity contribution < 1.29 is 4.74 Å². The van der Waals surface area contributed by atoms with Crippen molar-refractivity contribution >= 4 is 23.4 Å². The highest BCUT2D eigenvalue weighted by molar-refractivity contribution is 7.99. The molecule has 0 aliphatic rings. The van der Waals surface area contributed by atoms with E-state index < -0.39 is 0 Å². The number of ether oxygens (including phenoxy) is 1. The average molecular weight is 323 g/mol. The van der Waals surface area contributed by atoms with E-state index in [2.05, 4.69) is 18.0 Å². The summed E-state index contributed by atoms with van der Waals surface area (Å²) in [5, 5.41) is 1.62. The van der Waals surface area contributed by atoms with Gasteiger partial charge in [-0.2, -0.15) is 0 Å². The molecule has 112 valence electrons. The highest BCUT2D eigenvalue weighted by Crippen LogP contribution is 2.41. The van der Waals surface area contributed by atoms with Crippen molar-refractivity contribution in [3.8, 4) is 5.75 Å². The third-order valence-corrected chi connectivity index (χ3v) is 4.82. The van der Waals surface area contributed by atoms with E-state index in [4.69, 9.17) is 22.1 Å². The Balaban J connectivity index is 2.32. The molecule has 2 atom stereocenters. The second-order valence-electron chi connectivity index (χ2n) is 4.67. The molecular weight excluding hydrogens is 304 g/mol. The lowest BCUT2D eigenvalue weighted by atomic mass is 10.0. The minimum absolute atomic E-state index is 0.0174. The number of nitrogens with zero attached hydrogens (tertiary/aromatic N) is 1. The van der Waals surface area contributed by atoms with E-state index in [1.54, 1.807) is 25.1 Å². The van der Waals surface area contributed by atoms with Crippen LogP contribution in [-0.4, -0.2) is 18.1 Å². The minimum Gasteiger partial charge on any atom is -0.496 e. The largest absolute Gasteiger partial charge is 0.496 e. The van der Waals surface area contributed by atoms with Gasteiger partial charge in [0.1, 0.15) is 5.75 Å². The number of para-hydroxylation sites is 1. The normalized spacial score (nSPS) is 13.7. The van der Waals surface area contributed by atoms with Crippen molar-refractivity contribution in [3.05, 3.63) is 53.2 Å². The van der Waals surface area contributed by atoms with Crippen LogP contribution < -0.4 is 10.5 Å². The lowest BCUT2D eigenvalue weighted by Crippen LogP contribution is -2.26. The van der Waals surface area contributed by atoms with Crippen LogP contribution in [0.2, 0.25) is 5.02 Å². The maximum atomic E-state index is 6.32. The number of benzene rings is 1. The maximum absolute atomic E-state index is 6.32. The fourth-order valence-electron chi connectivity index (χ4n) is 2.06. The number of halogens is 1. The molecule has 1 aromatic carbocycles. The molecule has 0 saturated carbocycles. The van der Waals surface area contributed by atoms with Gasteiger partial charge in [0.05, 0.1) is 22.4 Å². The van der Waals surface area contributed by atoms with Gasteiger partial charge in [-0.15, -0.1) is 0 Å². The summed E-state index contributed by atoms with van der Waals surface area (Å²) in [5.41, 5.74) is 7.41. The molecule has 0 spiro atoms. The van der Waals surface area contributed by atoms with Gasteiger partial charge in [-0.3, -0.25) is 0 Å². The van der Waals surface area contributed by atoms with Crippen molar-refractivity contribution in [2.45, 2.75) is 29.7 Å². The first-order valence-corrected chi connectivity index (χ1v) is 8.08. The molecular formula is C16H19ClN2OS. The minimum atomic E-state index is 0.0174. The Bertz CT molecular complexity index is 577. The Hall–Kier alpha value is -1.23. The average Bonchev–Trinajstić information content (AvgIpc) is 2.53. The number of hydrogen-bond donors (Lipinski definition) is 1. The molecule has 0 aliphatic heterocycles. The van der Waals surface area contributed by atoms with Crippen LogP contribution in [0, 0.1) is 0 Å². The molecule has 21 heavy (non-hydrogen) atoms. The first-order chi connectivity index (χ1) is 10.2. The van der Waals surface area contributed by atoms with E-state index >= 15 is 0 Å². The van der Waals surface area contributed by atoms with Crippen LogP contribution in [0.25, 0.3) is 0 Å².